The minimum Gasteiger partial charge on any atom is -0.480 e. The summed E-state index contributed by atoms with van der Waals surface area (Å²) in [5, 5.41) is 12.3. The molecule has 0 aromatic carbocycles. The lowest BCUT2D eigenvalue weighted by molar-refractivity contribution is -0.151. The summed E-state index contributed by atoms with van der Waals surface area (Å²) < 4.78 is 0. The van der Waals surface area contributed by atoms with Crippen LogP contribution in [0.3, 0.4) is 0 Å². The number of hydrogen-bond acceptors (Lipinski definition) is 3. The number of carbonyl (C=O) groups excluding carboxylic acids is 1. The maximum Gasteiger partial charge on any atom is 0.323 e. The van der Waals surface area contributed by atoms with Crippen LogP contribution in [-0.4, -0.2) is 48.1 Å². The minimum atomic E-state index is -0.941. The van der Waals surface area contributed by atoms with Gasteiger partial charge in [-0.25, -0.2) is 0 Å². The van der Waals surface area contributed by atoms with E-state index in [9.17, 15) is 9.59 Å². The Hall–Kier alpha value is -1.10. The highest BCUT2D eigenvalue weighted by molar-refractivity contribution is 5.86. The summed E-state index contributed by atoms with van der Waals surface area (Å²) in [6.45, 7) is 7.93. The van der Waals surface area contributed by atoms with Gasteiger partial charge >= 0.3 is 5.97 Å². The molecule has 0 radical (unpaired) electrons. The van der Waals surface area contributed by atoms with Gasteiger partial charge in [0.05, 0.1) is 5.41 Å². The Kier molecular flexibility index (Phi) is 5.79. The van der Waals surface area contributed by atoms with E-state index < -0.39 is 11.4 Å². The molecule has 1 amide bonds. The van der Waals surface area contributed by atoms with Crippen molar-refractivity contribution in [3.63, 3.8) is 0 Å². The van der Waals surface area contributed by atoms with Gasteiger partial charge in [-0.3, -0.25) is 9.59 Å². The summed E-state index contributed by atoms with van der Waals surface area (Å²) >= 11 is 0. The van der Waals surface area contributed by atoms with E-state index in [1.54, 1.807) is 0 Å². The Bertz CT molecular complexity index is 323. The summed E-state index contributed by atoms with van der Waals surface area (Å²) in [5.74, 6) is -0.670. The number of carboxylic acids is 1. The zero-order chi connectivity index (χ0) is 14.5. The van der Waals surface area contributed by atoms with Crippen molar-refractivity contribution in [3.8, 4) is 0 Å². The molecule has 1 aliphatic heterocycles. The molecule has 1 heterocycles. The zero-order valence-corrected chi connectivity index (χ0v) is 12.2. The summed E-state index contributed by atoms with van der Waals surface area (Å²) in [5.41, 5.74) is -0.414. The van der Waals surface area contributed by atoms with Crippen LogP contribution in [0.4, 0.5) is 0 Å². The second-order valence-corrected chi connectivity index (χ2v) is 5.89. The lowest BCUT2D eigenvalue weighted by Crippen LogP contribution is -2.53. The van der Waals surface area contributed by atoms with Gasteiger partial charge in [0.2, 0.25) is 5.91 Å². The normalized spacial score (nSPS) is 23.4. The van der Waals surface area contributed by atoms with Gasteiger partial charge in [0.15, 0.2) is 0 Å². The van der Waals surface area contributed by atoms with Crippen LogP contribution in [-0.2, 0) is 9.59 Å². The van der Waals surface area contributed by atoms with Crippen LogP contribution in [0.15, 0.2) is 0 Å². The molecule has 0 aliphatic carbocycles. The number of hydrogen-bond donors (Lipinski definition) is 2. The topological polar surface area (TPSA) is 69.6 Å². The first kappa shape index (κ1) is 16.0. The van der Waals surface area contributed by atoms with Crippen molar-refractivity contribution < 1.29 is 14.7 Å². The lowest BCUT2D eigenvalue weighted by Gasteiger charge is -2.39. The number of nitrogens with zero attached hydrogens (tertiary/aromatic N) is 1. The van der Waals surface area contributed by atoms with Crippen LogP contribution in [0.5, 0.6) is 0 Å². The molecule has 1 fully saturated rings. The Balaban J connectivity index is 2.85. The minimum absolute atomic E-state index is 0.00157. The van der Waals surface area contributed by atoms with E-state index in [-0.39, 0.29) is 18.4 Å². The van der Waals surface area contributed by atoms with E-state index in [0.29, 0.717) is 13.1 Å². The molecule has 0 bridgehead atoms. The van der Waals surface area contributed by atoms with Crippen molar-refractivity contribution in [2.24, 2.45) is 11.3 Å². The molecule has 5 heteroatoms. The van der Waals surface area contributed by atoms with Gasteiger partial charge in [0, 0.05) is 13.1 Å². The third-order valence-electron chi connectivity index (χ3n) is 3.80. The molecular weight excluding hydrogens is 244 g/mol. The summed E-state index contributed by atoms with van der Waals surface area (Å²) in [6.07, 6.45) is 2.58. The van der Waals surface area contributed by atoms with E-state index in [2.05, 4.69) is 5.32 Å². The smallest absolute Gasteiger partial charge is 0.323 e. The average molecular weight is 270 g/mol. The third kappa shape index (κ3) is 4.20. The van der Waals surface area contributed by atoms with E-state index in [0.717, 1.165) is 25.8 Å². The Morgan fingerprint density at radius 1 is 1.42 bits per heavy atom. The van der Waals surface area contributed by atoms with Crippen molar-refractivity contribution in [2.45, 2.75) is 40.0 Å². The van der Waals surface area contributed by atoms with Gasteiger partial charge in [0.1, 0.15) is 6.54 Å². The highest BCUT2D eigenvalue weighted by Crippen LogP contribution is 2.32. The summed E-state index contributed by atoms with van der Waals surface area (Å²) in [6, 6.07) is 0. The van der Waals surface area contributed by atoms with Gasteiger partial charge < -0.3 is 15.3 Å². The molecule has 5 nitrogen and oxygen atoms in total. The number of carboxylic acid groups (broad SMARTS) is 1. The highest BCUT2D eigenvalue weighted by atomic mass is 16.4. The molecule has 0 saturated carbocycles. The monoisotopic (exact) mass is 270 g/mol. The van der Waals surface area contributed by atoms with Crippen molar-refractivity contribution in [1.29, 1.82) is 0 Å². The first-order valence-corrected chi connectivity index (χ1v) is 7.13. The van der Waals surface area contributed by atoms with Gasteiger partial charge in [-0.1, -0.05) is 20.8 Å². The summed E-state index contributed by atoms with van der Waals surface area (Å²) in [4.78, 5) is 25.2. The van der Waals surface area contributed by atoms with Crippen molar-refractivity contribution in [2.75, 3.05) is 26.2 Å². The van der Waals surface area contributed by atoms with Crippen LogP contribution >= 0.6 is 0 Å². The van der Waals surface area contributed by atoms with Crippen LogP contribution < -0.4 is 5.32 Å². The fraction of sp³-hybridized carbons (Fsp3) is 0.857. The third-order valence-corrected chi connectivity index (χ3v) is 3.80. The second kappa shape index (κ2) is 6.89. The molecule has 1 saturated heterocycles. The molecule has 1 atom stereocenters. The SMILES string of the molecule is CCC1(C(=O)N(CC(=O)O)CC(C)C)CCCNC1. The molecule has 0 aromatic rings. The first-order valence-electron chi connectivity index (χ1n) is 7.13. The Morgan fingerprint density at radius 3 is 2.53 bits per heavy atom. The lowest BCUT2D eigenvalue weighted by atomic mass is 9.77. The van der Waals surface area contributed by atoms with E-state index in [4.69, 9.17) is 5.11 Å². The summed E-state index contributed by atoms with van der Waals surface area (Å²) in [7, 11) is 0. The number of nitrogens with one attached hydrogen (secondary N) is 1. The number of aliphatic carboxylic acids is 1. The Labute approximate surface area is 115 Å². The predicted octanol–water partition coefficient (Wildman–Crippen LogP) is 1.34. The number of piperidine rings is 1. The largest absolute Gasteiger partial charge is 0.480 e. The quantitative estimate of drug-likeness (QED) is 0.764. The van der Waals surface area contributed by atoms with Crippen LogP contribution in [0.2, 0.25) is 0 Å². The molecule has 0 aromatic heterocycles. The molecule has 2 N–H and O–H groups in total. The molecule has 1 unspecified atom stereocenters. The van der Waals surface area contributed by atoms with Crippen LogP contribution in [0, 0.1) is 11.3 Å². The van der Waals surface area contributed by atoms with Gasteiger partial charge in [-0.15, -0.1) is 0 Å². The second-order valence-electron chi connectivity index (χ2n) is 5.89. The van der Waals surface area contributed by atoms with Crippen LogP contribution in [0.1, 0.15) is 40.0 Å². The van der Waals surface area contributed by atoms with Crippen molar-refractivity contribution in [1.82, 2.24) is 10.2 Å². The standard InChI is InChI=1S/C14H26N2O3/c1-4-14(6-5-7-15-10-14)13(19)16(8-11(2)3)9-12(17)18/h11,15H,4-10H2,1-3H3,(H,17,18). The van der Waals surface area contributed by atoms with Gasteiger partial charge in [-0.05, 0) is 31.7 Å². The zero-order valence-electron chi connectivity index (χ0n) is 12.2. The van der Waals surface area contributed by atoms with Crippen molar-refractivity contribution in [3.05, 3.63) is 0 Å². The van der Waals surface area contributed by atoms with Gasteiger partial charge in [0.25, 0.3) is 0 Å². The predicted molar refractivity (Wildman–Crippen MR) is 73.9 cm³/mol. The first-order chi connectivity index (χ1) is 8.91. The maximum absolute atomic E-state index is 12.7. The molecule has 1 aliphatic rings. The number of rotatable bonds is 6. The Morgan fingerprint density at radius 2 is 2.11 bits per heavy atom. The molecule has 1 rings (SSSR count). The molecule has 19 heavy (non-hydrogen) atoms. The average Bonchev–Trinajstić information content (AvgIpc) is 2.36. The number of carbonyl (C=O) groups is 2. The van der Waals surface area contributed by atoms with Crippen LogP contribution in [0.25, 0.3) is 0 Å². The van der Waals surface area contributed by atoms with E-state index in [1.165, 1.54) is 4.90 Å². The highest BCUT2D eigenvalue weighted by Gasteiger charge is 2.41. The molecular formula is C14H26N2O3. The maximum atomic E-state index is 12.7. The molecule has 0 spiro atoms. The number of amides is 1. The molecule has 110 valence electrons. The van der Waals surface area contributed by atoms with E-state index >= 15 is 0 Å². The fourth-order valence-corrected chi connectivity index (χ4v) is 2.76. The van der Waals surface area contributed by atoms with Gasteiger partial charge in [-0.2, -0.15) is 0 Å². The van der Waals surface area contributed by atoms with Crippen molar-refractivity contribution >= 4 is 11.9 Å². The fourth-order valence-electron chi connectivity index (χ4n) is 2.76. The van der Waals surface area contributed by atoms with E-state index in [1.807, 2.05) is 20.8 Å².